The largest absolute Gasteiger partial charge is 0.433 e. The smallest absolute Gasteiger partial charge is 0.383 e. The number of ether oxygens (including phenoxy) is 1. The fraction of sp³-hybridized carbons (Fsp3) is 0.355. The van der Waals surface area contributed by atoms with E-state index in [0.717, 1.165) is 41.8 Å². The molecule has 2 amide bonds. The summed E-state index contributed by atoms with van der Waals surface area (Å²) in [6.07, 6.45) is 0.0801. The van der Waals surface area contributed by atoms with Crippen LogP contribution < -0.4 is 5.32 Å². The van der Waals surface area contributed by atoms with Gasteiger partial charge in [0.15, 0.2) is 0 Å². The van der Waals surface area contributed by atoms with Crippen molar-refractivity contribution in [2.45, 2.75) is 44.9 Å². The van der Waals surface area contributed by atoms with Crippen LogP contribution in [0.3, 0.4) is 0 Å². The second-order valence-electron chi connectivity index (χ2n) is 10.4. The third-order valence-corrected chi connectivity index (χ3v) is 7.60. The first-order chi connectivity index (χ1) is 20.2. The predicted octanol–water partition coefficient (Wildman–Crippen LogP) is 5.50. The van der Waals surface area contributed by atoms with E-state index in [9.17, 15) is 22.8 Å². The normalized spacial score (nSPS) is 15.6. The van der Waals surface area contributed by atoms with Gasteiger partial charge in [0.2, 0.25) is 0 Å². The highest BCUT2D eigenvalue weighted by atomic mass is 19.4. The lowest BCUT2D eigenvalue weighted by atomic mass is 10.00. The van der Waals surface area contributed by atoms with Crippen LogP contribution in [-0.4, -0.2) is 64.3 Å². The number of nitrogens with one attached hydrogen (secondary N) is 1. The third kappa shape index (κ3) is 6.30. The molecule has 1 unspecified atom stereocenters. The number of piperidine rings is 1. The van der Waals surface area contributed by atoms with E-state index >= 15 is 0 Å². The van der Waals surface area contributed by atoms with Gasteiger partial charge >= 0.3 is 6.18 Å². The summed E-state index contributed by atoms with van der Waals surface area (Å²) in [5, 5.41) is 8.45. The Bertz CT molecular complexity index is 1580. The molecule has 0 bridgehead atoms. The number of carbonyl (C=O) groups is 2. The van der Waals surface area contributed by atoms with Crippen LogP contribution in [0.2, 0.25) is 0 Å². The third-order valence-electron chi connectivity index (χ3n) is 7.60. The second-order valence-corrected chi connectivity index (χ2v) is 10.4. The Morgan fingerprint density at radius 1 is 1.07 bits per heavy atom. The van der Waals surface area contributed by atoms with Crippen molar-refractivity contribution in [2.75, 3.05) is 26.8 Å². The summed E-state index contributed by atoms with van der Waals surface area (Å²) >= 11 is 0. The minimum atomic E-state index is -4.53. The standard InChI is InChI=1S/C31H32F3N5O3/c1-20-24(29(40)35-15-17-42-2)13-14-27-25(20)19-38(37-27)18-23-6-3-4-16-39(23)30(41)22-11-9-21(10-12-22)26-7-5-8-28(36-26)31(32,33)34/h5,7-14,19,23H,3-4,6,15-18H2,1-2H3,(H,35,40). The molecular weight excluding hydrogens is 547 g/mol. The minimum absolute atomic E-state index is 0.0810. The van der Waals surface area contributed by atoms with Gasteiger partial charge in [-0.2, -0.15) is 18.3 Å². The molecule has 0 aliphatic carbocycles. The maximum atomic E-state index is 13.6. The number of carbonyl (C=O) groups excluding carboxylic acids is 2. The van der Waals surface area contributed by atoms with E-state index in [4.69, 9.17) is 9.84 Å². The number of likely N-dealkylation sites (tertiary alicyclic amines) is 1. The predicted molar refractivity (Wildman–Crippen MR) is 152 cm³/mol. The highest BCUT2D eigenvalue weighted by Crippen LogP contribution is 2.30. The lowest BCUT2D eigenvalue weighted by molar-refractivity contribution is -0.141. The van der Waals surface area contributed by atoms with Gasteiger partial charge in [-0.3, -0.25) is 14.3 Å². The Kier molecular flexibility index (Phi) is 8.58. The van der Waals surface area contributed by atoms with Gasteiger partial charge in [0.25, 0.3) is 11.8 Å². The van der Waals surface area contributed by atoms with E-state index in [2.05, 4.69) is 10.3 Å². The van der Waals surface area contributed by atoms with Crippen molar-refractivity contribution < 1.29 is 27.5 Å². The lowest BCUT2D eigenvalue weighted by Crippen LogP contribution is -2.45. The van der Waals surface area contributed by atoms with E-state index in [1.807, 2.05) is 28.8 Å². The first-order valence-corrected chi connectivity index (χ1v) is 13.9. The molecule has 4 aromatic rings. The van der Waals surface area contributed by atoms with E-state index in [0.29, 0.717) is 42.9 Å². The maximum absolute atomic E-state index is 13.6. The highest BCUT2D eigenvalue weighted by Gasteiger charge is 2.32. The fourth-order valence-corrected chi connectivity index (χ4v) is 5.36. The fourth-order valence-electron chi connectivity index (χ4n) is 5.36. The number of benzene rings is 2. The van der Waals surface area contributed by atoms with E-state index < -0.39 is 11.9 Å². The summed E-state index contributed by atoms with van der Waals surface area (Å²) in [4.78, 5) is 31.8. The van der Waals surface area contributed by atoms with Crippen molar-refractivity contribution in [2.24, 2.45) is 0 Å². The van der Waals surface area contributed by atoms with Crippen LogP contribution >= 0.6 is 0 Å². The van der Waals surface area contributed by atoms with Crippen LogP contribution in [0.1, 0.15) is 51.2 Å². The second kappa shape index (κ2) is 12.3. The number of amides is 2. The number of aromatic nitrogens is 3. The summed E-state index contributed by atoms with van der Waals surface area (Å²) < 4.78 is 46.1. The Morgan fingerprint density at radius 2 is 1.86 bits per heavy atom. The summed E-state index contributed by atoms with van der Waals surface area (Å²) in [5.41, 5.74) is 2.38. The quantitative estimate of drug-likeness (QED) is 0.279. The molecule has 3 heterocycles. The molecule has 1 aliphatic rings. The Labute approximate surface area is 241 Å². The number of fused-ring (bicyclic) bond motifs is 1. The van der Waals surface area contributed by atoms with Gasteiger partial charge in [0.1, 0.15) is 5.69 Å². The highest BCUT2D eigenvalue weighted by molar-refractivity contribution is 6.00. The lowest BCUT2D eigenvalue weighted by Gasteiger charge is -2.35. The molecule has 8 nitrogen and oxygen atoms in total. The molecular formula is C31H32F3N5O3. The molecule has 1 atom stereocenters. The molecule has 1 fully saturated rings. The average molecular weight is 580 g/mol. The number of aryl methyl sites for hydroxylation is 1. The molecule has 0 spiro atoms. The molecule has 42 heavy (non-hydrogen) atoms. The average Bonchev–Trinajstić information content (AvgIpc) is 3.40. The van der Waals surface area contributed by atoms with Crippen LogP contribution in [0.15, 0.2) is 60.8 Å². The van der Waals surface area contributed by atoms with E-state index in [1.165, 1.54) is 12.1 Å². The summed E-state index contributed by atoms with van der Waals surface area (Å²) in [5.74, 6) is -0.302. The molecule has 1 saturated heterocycles. The summed E-state index contributed by atoms with van der Waals surface area (Å²) in [7, 11) is 1.58. The minimum Gasteiger partial charge on any atom is -0.383 e. The van der Waals surface area contributed by atoms with E-state index in [-0.39, 0.29) is 23.6 Å². The van der Waals surface area contributed by atoms with Crippen LogP contribution in [-0.2, 0) is 17.5 Å². The molecule has 1 aliphatic heterocycles. The Morgan fingerprint density at radius 3 is 2.60 bits per heavy atom. The number of pyridine rings is 1. The van der Waals surface area contributed by atoms with Gasteiger partial charge in [-0.1, -0.05) is 18.2 Å². The maximum Gasteiger partial charge on any atom is 0.433 e. The van der Waals surface area contributed by atoms with Crippen LogP contribution in [0.25, 0.3) is 22.2 Å². The van der Waals surface area contributed by atoms with Crippen molar-refractivity contribution in [3.05, 3.63) is 83.2 Å². The number of rotatable bonds is 8. The van der Waals surface area contributed by atoms with E-state index in [1.54, 1.807) is 37.4 Å². The van der Waals surface area contributed by atoms with Crippen LogP contribution in [0, 0.1) is 6.92 Å². The van der Waals surface area contributed by atoms with Gasteiger partial charge < -0.3 is 15.0 Å². The van der Waals surface area contributed by atoms with Gasteiger partial charge in [-0.15, -0.1) is 0 Å². The number of hydrogen-bond donors (Lipinski definition) is 1. The molecule has 2 aromatic carbocycles. The van der Waals surface area contributed by atoms with Crippen molar-refractivity contribution in [1.29, 1.82) is 0 Å². The van der Waals surface area contributed by atoms with Crippen molar-refractivity contribution in [3.63, 3.8) is 0 Å². The zero-order valence-corrected chi connectivity index (χ0v) is 23.4. The number of halogens is 3. The molecule has 0 saturated carbocycles. The molecule has 5 rings (SSSR count). The number of methoxy groups -OCH3 is 1. The Balaban J connectivity index is 1.31. The van der Waals surface area contributed by atoms with Crippen molar-refractivity contribution in [1.82, 2.24) is 25.0 Å². The van der Waals surface area contributed by atoms with Crippen LogP contribution in [0.5, 0.6) is 0 Å². The SMILES string of the molecule is COCCNC(=O)c1ccc2nn(CC3CCCCN3C(=O)c3ccc(-c4cccc(C(F)(F)F)n4)cc3)cc2c1C. The number of alkyl halides is 3. The monoisotopic (exact) mass is 579 g/mol. The first-order valence-electron chi connectivity index (χ1n) is 13.9. The van der Waals surface area contributed by atoms with Crippen molar-refractivity contribution in [3.8, 4) is 11.3 Å². The molecule has 220 valence electrons. The number of hydrogen-bond acceptors (Lipinski definition) is 5. The zero-order valence-electron chi connectivity index (χ0n) is 23.4. The summed E-state index contributed by atoms with van der Waals surface area (Å²) in [6, 6.07) is 13.8. The molecule has 2 aromatic heterocycles. The number of nitrogens with zero attached hydrogens (tertiary/aromatic N) is 4. The molecule has 0 radical (unpaired) electrons. The van der Waals surface area contributed by atoms with Crippen molar-refractivity contribution >= 4 is 22.7 Å². The van der Waals surface area contributed by atoms with Gasteiger partial charge in [0, 0.05) is 48.5 Å². The molecule has 11 heteroatoms. The first kappa shape index (κ1) is 29.2. The van der Waals surface area contributed by atoms with Crippen LogP contribution in [0.4, 0.5) is 13.2 Å². The van der Waals surface area contributed by atoms with Gasteiger partial charge in [-0.05, 0) is 68.1 Å². The topological polar surface area (TPSA) is 89.4 Å². The summed E-state index contributed by atoms with van der Waals surface area (Å²) in [6.45, 7) is 3.85. The zero-order chi connectivity index (χ0) is 29.9. The van der Waals surface area contributed by atoms with Gasteiger partial charge in [0.05, 0.1) is 30.4 Å². The Hall–Kier alpha value is -4.25. The molecule has 1 N–H and O–H groups in total. The van der Waals surface area contributed by atoms with Gasteiger partial charge in [-0.25, -0.2) is 4.98 Å².